The summed E-state index contributed by atoms with van der Waals surface area (Å²) < 4.78 is 27.8. The smallest absolute Gasteiger partial charge is 0.261 e. The molecule has 2 rings (SSSR count). The molecule has 0 aliphatic heterocycles. The van der Waals surface area contributed by atoms with Gasteiger partial charge < -0.3 is 5.32 Å². The molecule has 5 nitrogen and oxygen atoms in total. The quantitative estimate of drug-likeness (QED) is 0.812. The first-order valence-corrected chi connectivity index (χ1v) is 9.97. The van der Waals surface area contributed by atoms with Gasteiger partial charge in [-0.1, -0.05) is 17.7 Å². The zero-order valence-corrected chi connectivity index (χ0v) is 17.0. The lowest BCUT2D eigenvalue weighted by molar-refractivity contribution is 0.0919. The molecular weight excluding hydrogens is 372 g/mol. The second kappa shape index (κ2) is 7.29. The first-order chi connectivity index (χ1) is 11.9. The normalized spacial score (nSPS) is 11.9. The van der Waals surface area contributed by atoms with Crippen LogP contribution in [0.2, 0.25) is 5.02 Å². The molecule has 0 unspecified atom stereocenters. The van der Waals surface area contributed by atoms with E-state index in [9.17, 15) is 13.2 Å². The van der Waals surface area contributed by atoms with Crippen molar-refractivity contribution >= 4 is 33.2 Å². The second-order valence-electron chi connectivity index (χ2n) is 7.27. The summed E-state index contributed by atoms with van der Waals surface area (Å²) in [5, 5.41) is 3.17. The fourth-order valence-corrected chi connectivity index (χ4v) is 4.01. The Hall–Kier alpha value is -2.05. The molecule has 2 N–H and O–H groups in total. The molecule has 0 bridgehead atoms. The zero-order chi connectivity index (χ0) is 19.7. The van der Waals surface area contributed by atoms with Gasteiger partial charge in [0.25, 0.3) is 15.9 Å². The predicted octanol–water partition coefficient (Wildman–Crippen LogP) is 4.29. The van der Waals surface area contributed by atoms with Crippen LogP contribution in [0.5, 0.6) is 0 Å². The number of anilines is 1. The number of carbonyl (C=O) groups excluding carboxylic acids is 1. The van der Waals surface area contributed by atoms with Gasteiger partial charge in [-0.2, -0.15) is 0 Å². The van der Waals surface area contributed by atoms with Crippen molar-refractivity contribution in [2.45, 2.75) is 45.1 Å². The Morgan fingerprint density at radius 2 is 1.62 bits per heavy atom. The van der Waals surface area contributed by atoms with Crippen molar-refractivity contribution < 1.29 is 13.2 Å². The highest BCUT2D eigenvalue weighted by molar-refractivity contribution is 7.92. The van der Waals surface area contributed by atoms with E-state index in [1.165, 1.54) is 24.3 Å². The van der Waals surface area contributed by atoms with Crippen LogP contribution in [0.4, 0.5) is 5.69 Å². The van der Waals surface area contributed by atoms with Crippen LogP contribution >= 0.6 is 11.6 Å². The minimum atomic E-state index is -3.81. The number of hydrogen-bond acceptors (Lipinski definition) is 3. The van der Waals surface area contributed by atoms with Gasteiger partial charge in [0.15, 0.2) is 0 Å². The molecule has 1 amide bonds. The molecule has 2 aromatic carbocycles. The fourth-order valence-electron chi connectivity index (χ4n) is 2.44. The first kappa shape index (κ1) is 20.3. The minimum Gasteiger partial charge on any atom is -0.347 e. The van der Waals surface area contributed by atoms with Crippen LogP contribution in [0.3, 0.4) is 0 Å². The van der Waals surface area contributed by atoms with Crippen molar-refractivity contribution in [1.29, 1.82) is 0 Å². The van der Waals surface area contributed by atoms with Crippen molar-refractivity contribution in [2.75, 3.05) is 4.72 Å². The van der Waals surface area contributed by atoms with Crippen molar-refractivity contribution in [2.24, 2.45) is 0 Å². The third-order valence-electron chi connectivity index (χ3n) is 3.58. The Bertz CT molecular complexity index is 907. The lowest BCUT2D eigenvalue weighted by Gasteiger charge is -2.20. The highest BCUT2D eigenvalue weighted by atomic mass is 35.5. The van der Waals surface area contributed by atoms with E-state index >= 15 is 0 Å². The van der Waals surface area contributed by atoms with E-state index in [0.29, 0.717) is 16.3 Å². The number of nitrogens with one attached hydrogen (secondary N) is 2. The number of hydrogen-bond donors (Lipinski definition) is 2. The molecule has 140 valence electrons. The van der Waals surface area contributed by atoms with Gasteiger partial charge in [-0.05, 0) is 76.1 Å². The van der Waals surface area contributed by atoms with Gasteiger partial charge in [0.05, 0.1) is 15.6 Å². The highest BCUT2D eigenvalue weighted by Crippen LogP contribution is 2.29. The number of rotatable bonds is 4. The van der Waals surface area contributed by atoms with E-state index in [2.05, 4.69) is 10.0 Å². The topological polar surface area (TPSA) is 75.3 Å². The molecule has 0 aromatic heterocycles. The van der Waals surface area contributed by atoms with Crippen LogP contribution in [0, 0.1) is 13.8 Å². The van der Waals surface area contributed by atoms with Crippen molar-refractivity contribution in [3.05, 3.63) is 58.1 Å². The largest absolute Gasteiger partial charge is 0.347 e. The molecule has 0 saturated heterocycles. The summed E-state index contributed by atoms with van der Waals surface area (Å²) >= 11 is 6.18. The van der Waals surface area contributed by atoms with E-state index in [0.717, 1.165) is 11.1 Å². The molecule has 0 spiro atoms. The maximum absolute atomic E-state index is 12.6. The number of benzene rings is 2. The molecule has 26 heavy (non-hydrogen) atoms. The second-order valence-corrected chi connectivity index (χ2v) is 9.36. The van der Waals surface area contributed by atoms with Gasteiger partial charge in [0, 0.05) is 11.1 Å². The van der Waals surface area contributed by atoms with E-state index < -0.39 is 10.0 Å². The Morgan fingerprint density at radius 1 is 1.04 bits per heavy atom. The summed E-state index contributed by atoms with van der Waals surface area (Å²) in [5.41, 5.74) is 2.06. The van der Waals surface area contributed by atoms with E-state index in [4.69, 9.17) is 11.6 Å². The Kier molecular flexibility index (Phi) is 5.68. The van der Waals surface area contributed by atoms with Crippen molar-refractivity contribution in [1.82, 2.24) is 5.32 Å². The van der Waals surface area contributed by atoms with E-state index in [1.54, 1.807) is 13.0 Å². The molecule has 0 aliphatic carbocycles. The predicted molar refractivity (Wildman–Crippen MR) is 105 cm³/mol. The van der Waals surface area contributed by atoms with E-state index in [-0.39, 0.29) is 16.3 Å². The monoisotopic (exact) mass is 394 g/mol. The molecule has 0 aliphatic rings. The fraction of sp³-hybridized carbons (Fsp3) is 0.316. The summed E-state index contributed by atoms with van der Waals surface area (Å²) in [4.78, 5) is 12.2. The first-order valence-electron chi connectivity index (χ1n) is 8.11. The molecule has 7 heteroatoms. The molecular formula is C19H23ClN2O3S. The molecule has 0 radical (unpaired) electrons. The summed E-state index contributed by atoms with van der Waals surface area (Å²) in [7, 11) is -3.81. The number of carbonyl (C=O) groups is 1. The van der Waals surface area contributed by atoms with Crippen LogP contribution in [0.1, 0.15) is 42.3 Å². The average molecular weight is 395 g/mol. The summed E-state index contributed by atoms with van der Waals surface area (Å²) in [6.07, 6.45) is 0. The van der Waals surface area contributed by atoms with Crippen LogP contribution in [-0.2, 0) is 10.0 Å². The van der Waals surface area contributed by atoms with Crippen LogP contribution in [0.15, 0.2) is 41.3 Å². The van der Waals surface area contributed by atoms with Crippen molar-refractivity contribution in [3.63, 3.8) is 0 Å². The van der Waals surface area contributed by atoms with E-state index in [1.807, 2.05) is 33.8 Å². The molecule has 0 fully saturated rings. The zero-order valence-electron chi connectivity index (χ0n) is 15.5. The number of halogens is 1. The molecule has 0 saturated carbocycles. The molecule has 0 atom stereocenters. The van der Waals surface area contributed by atoms with Gasteiger partial charge in [-0.3, -0.25) is 9.52 Å². The van der Waals surface area contributed by atoms with Crippen LogP contribution < -0.4 is 10.0 Å². The Morgan fingerprint density at radius 3 is 2.12 bits per heavy atom. The average Bonchev–Trinajstić information content (AvgIpc) is 2.49. The van der Waals surface area contributed by atoms with Gasteiger partial charge >= 0.3 is 0 Å². The number of aryl methyl sites for hydroxylation is 2. The van der Waals surface area contributed by atoms with Crippen molar-refractivity contribution in [3.8, 4) is 0 Å². The Balaban J connectivity index is 2.27. The van der Waals surface area contributed by atoms with Gasteiger partial charge in [0.2, 0.25) is 0 Å². The third kappa shape index (κ3) is 4.99. The minimum absolute atomic E-state index is 0.0563. The van der Waals surface area contributed by atoms with Crippen LogP contribution in [0.25, 0.3) is 0 Å². The molecule has 0 heterocycles. The lowest BCUT2D eigenvalue weighted by atomic mass is 10.1. The van der Waals surface area contributed by atoms with Gasteiger partial charge in [-0.25, -0.2) is 8.42 Å². The summed E-state index contributed by atoms with van der Waals surface area (Å²) in [6.45, 7) is 9.30. The van der Waals surface area contributed by atoms with Crippen LogP contribution in [-0.4, -0.2) is 19.9 Å². The number of amides is 1. The highest BCUT2D eigenvalue weighted by Gasteiger charge is 2.19. The third-order valence-corrected chi connectivity index (χ3v) is 5.25. The number of sulfonamides is 1. The maximum Gasteiger partial charge on any atom is 0.261 e. The maximum atomic E-state index is 12.6. The summed E-state index contributed by atoms with van der Waals surface area (Å²) in [5.74, 6) is -0.258. The van der Waals surface area contributed by atoms with Gasteiger partial charge in [-0.15, -0.1) is 0 Å². The summed E-state index contributed by atoms with van der Waals surface area (Å²) in [6, 6.07) is 9.32. The standard InChI is InChI=1S/C19H23ClN2O3S/c1-12-10-13(2)17(16(20)11-12)22-26(24,25)15-8-6-14(7-9-15)18(23)21-19(3,4)5/h6-11,22H,1-5H3,(H,21,23). The Labute approximate surface area is 159 Å². The van der Waals surface area contributed by atoms with Gasteiger partial charge in [0.1, 0.15) is 0 Å². The molecule has 2 aromatic rings. The lowest BCUT2D eigenvalue weighted by Crippen LogP contribution is -2.40. The SMILES string of the molecule is Cc1cc(C)c(NS(=O)(=O)c2ccc(C(=O)NC(C)(C)C)cc2)c(Cl)c1.